The number of hydrogen-bond acceptors (Lipinski definition) is 4. The molecule has 0 radical (unpaired) electrons. The zero-order valence-electron chi connectivity index (χ0n) is 12.8. The molecule has 0 saturated carbocycles. The van der Waals surface area contributed by atoms with Gasteiger partial charge in [0.1, 0.15) is 0 Å². The number of amides is 1. The van der Waals surface area contributed by atoms with E-state index < -0.39 is 5.97 Å². The number of rotatable bonds is 4. The lowest BCUT2D eigenvalue weighted by Crippen LogP contribution is -2.33. The van der Waals surface area contributed by atoms with Gasteiger partial charge >= 0.3 is 5.97 Å². The molecular formula is C16H18N4O3. The second kappa shape index (κ2) is 6.21. The summed E-state index contributed by atoms with van der Waals surface area (Å²) in [6.07, 6.45) is 0. The van der Waals surface area contributed by atoms with Crippen LogP contribution in [-0.4, -0.2) is 38.2 Å². The number of anilines is 1. The van der Waals surface area contributed by atoms with Crippen molar-refractivity contribution in [2.24, 2.45) is 0 Å². The van der Waals surface area contributed by atoms with Crippen LogP contribution in [0.5, 0.6) is 0 Å². The maximum absolute atomic E-state index is 11.0. The predicted molar refractivity (Wildman–Crippen MR) is 84.0 cm³/mol. The van der Waals surface area contributed by atoms with Crippen molar-refractivity contribution in [2.45, 2.75) is 26.6 Å². The average molecular weight is 314 g/mol. The van der Waals surface area contributed by atoms with Gasteiger partial charge < -0.3 is 10.4 Å². The normalized spacial score (nSPS) is 14.3. The van der Waals surface area contributed by atoms with Crippen LogP contribution in [0.15, 0.2) is 30.3 Å². The number of nitrogens with zero attached hydrogens (tertiary/aromatic N) is 3. The molecular weight excluding hydrogens is 296 g/mol. The Bertz CT molecular complexity index is 736. The molecule has 1 aliphatic rings. The fourth-order valence-electron chi connectivity index (χ4n) is 2.72. The van der Waals surface area contributed by atoms with Gasteiger partial charge in [-0.2, -0.15) is 5.10 Å². The van der Waals surface area contributed by atoms with Crippen LogP contribution in [0.1, 0.15) is 28.7 Å². The minimum atomic E-state index is -0.994. The lowest BCUT2D eigenvalue weighted by atomic mass is 10.1. The minimum Gasteiger partial charge on any atom is -0.476 e. The number of carboxylic acid groups (broad SMARTS) is 1. The van der Waals surface area contributed by atoms with Crippen molar-refractivity contribution in [3.63, 3.8) is 0 Å². The van der Waals surface area contributed by atoms with E-state index in [0.29, 0.717) is 13.1 Å². The largest absolute Gasteiger partial charge is 0.476 e. The van der Waals surface area contributed by atoms with Gasteiger partial charge in [-0.15, -0.1) is 0 Å². The van der Waals surface area contributed by atoms with Crippen molar-refractivity contribution in [1.82, 2.24) is 14.7 Å². The molecule has 0 aliphatic carbocycles. The van der Waals surface area contributed by atoms with Gasteiger partial charge in [0.25, 0.3) is 0 Å². The Kier molecular flexibility index (Phi) is 4.12. The molecule has 0 atom stereocenters. The molecule has 0 fully saturated rings. The molecule has 3 rings (SSSR count). The SMILES string of the molecule is CC(=O)Nc1ccc(CN2CCn3nc(C(=O)O)cc3C2)cc1. The first kappa shape index (κ1) is 15.2. The lowest BCUT2D eigenvalue weighted by molar-refractivity contribution is -0.114. The summed E-state index contributed by atoms with van der Waals surface area (Å²) < 4.78 is 1.76. The fourth-order valence-corrected chi connectivity index (χ4v) is 2.72. The highest BCUT2D eigenvalue weighted by Crippen LogP contribution is 2.17. The molecule has 0 saturated heterocycles. The average Bonchev–Trinajstić information content (AvgIpc) is 2.92. The second-order valence-electron chi connectivity index (χ2n) is 5.64. The number of aromatic nitrogens is 2. The second-order valence-corrected chi connectivity index (χ2v) is 5.64. The van der Waals surface area contributed by atoms with Gasteiger partial charge in [0.15, 0.2) is 5.69 Å². The van der Waals surface area contributed by atoms with Crippen molar-refractivity contribution in [3.8, 4) is 0 Å². The Morgan fingerprint density at radius 3 is 2.65 bits per heavy atom. The molecule has 120 valence electrons. The smallest absolute Gasteiger partial charge is 0.356 e. The first-order valence-electron chi connectivity index (χ1n) is 7.40. The van der Waals surface area contributed by atoms with Crippen LogP contribution in [0, 0.1) is 0 Å². The van der Waals surface area contributed by atoms with Crippen LogP contribution in [0.3, 0.4) is 0 Å². The lowest BCUT2D eigenvalue weighted by Gasteiger charge is -2.27. The van der Waals surface area contributed by atoms with Crippen LogP contribution in [0.2, 0.25) is 0 Å². The van der Waals surface area contributed by atoms with Gasteiger partial charge in [-0.3, -0.25) is 14.4 Å². The number of aromatic carboxylic acids is 1. The van der Waals surface area contributed by atoms with Gasteiger partial charge in [0.2, 0.25) is 5.91 Å². The Morgan fingerprint density at radius 2 is 2.00 bits per heavy atom. The highest BCUT2D eigenvalue weighted by atomic mass is 16.4. The molecule has 23 heavy (non-hydrogen) atoms. The molecule has 1 amide bonds. The Hall–Kier alpha value is -2.67. The number of nitrogens with one attached hydrogen (secondary N) is 1. The monoisotopic (exact) mass is 314 g/mol. The zero-order valence-corrected chi connectivity index (χ0v) is 12.8. The molecule has 2 N–H and O–H groups in total. The van der Waals surface area contributed by atoms with Gasteiger partial charge in [0, 0.05) is 32.2 Å². The third-order valence-electron chi connectivity index (χ3n) is 3.78. The third-order valence-corrected chi connectivity index (χ3v) is 3.78. The number of carboxylic acids is 1. The van der Waals surface area contributed by atoms with Crippen molar-refractivity contribution in [2.75, 3.05) is 11.9 Å². The third kappa shape index (κ3) is 3.57. The topological polar surface area (TPSA) is 87.5 Å². The maximum Gasteiger partial charge on any atom is 0.356 e. The van der Waals surface area contributed by atoms with E-state index >= 15 is 0 Å². The van der Waals surface area contributed by atoms with Crippen molar-refractivity contribution >= 4 is 17.6 Å². The number of benzene rings is 1. The van der Waals surface area contributed by atoms with E-state index in [1.54, 1.807) is 10.7 Å². The van der Waals surface area contributed by atoms with Crippen LogP contribution >= 0.6 is 0 Å². The number of fused-ring (bicyclic) bond motifs is 1. The molecule has 0 spiro atoms. The molecule has 1 aliphatic heterocycles. The summed E-state index contributed by atoms with van der Waals surface area (Å²) in [5, 5.41) is 15.8. The molecule has 0 unspecified atom stereocenters. The number of hydrogen-bond donors (Lipinski definition) is 2. The summed E-state index contributed by atoms with van der Waals surface area (Å²) >= 11 is 0. The highest BCUT2D eigenvalue weighted by Gasteiger charge is 2.20. The Morgan fingerprint density at radius 1 is 1.26 bits per heavy atom. The zero-order chi connectivity index (χ0) is 16.4. The fraction of sp³-hybridized carbons (Fsp3) is 0.312. The first-order chi connectivity index (χ1) is 11.0. The Balaban J connectivity index is 1.65. The maximum atomic E-state index is 11.0. The molecule has 0 bridgehead atoms. The van der Waals surface area contributed by atoms with Gasteiger partial charge in [0.05, 0.1) is 12.2 Å². The van der Waals surface area contributed by atoms with E-state index in [1.807, 2.05) is 24.3 Å². The van der Waals surface area contributed by atoms with E-state index in [1.165, 1.54) is 6.92 Å². The molecule has 7 heteroatoms. The van der Waals surface area contributed by atoms with Crippen molar-refractivity contribution in [3.05, 3.63) is 47.3 Å². The highest BCUT2D eigenvalue weighted by molar-refractivity contribution is 5.88. The Labute approximate surface area is 133 Å². The standard InChI is InChI=1S/C16H18N4O3/c1-11(21)17-13-4-2-12(3-5-13)9-19-6-7-20-14(10-19)8-15(18-20)16(22)23/h2-5,8H,6-7,9-10H2,1H3,(H,17,21)(H,22,23). The first-order valence-corrected chi connectivity index (χ1v) is 7.40. The van der Waals surface area contributed by atoms with E-state index in [4.69, 9.17) is 5.11 Å². The minimum absolute atomic E-state index is 0.0868. The van der Waals surface area contributed by atoms with Gasteiger partial charge in [-0.1, -0.05) is 12.1 Å². The summed E-state index contributed by atoms with van der Waals surface area (Å²) in [5.74, 6) is -1.08. The van der Waals surface area contributed by atoms with E-state index in [0.717, 1.165) is 30.0 Å². The van der Waals surface area contributed by atoms with E-state index in [-0.39, 0.29) is 11.6 Å². The summed E-state index contributed by atoms with van der Waals surface area (Å²) in [5.41, 5.74) is 2.94. The number of carbonyl (C=O) groups is 2. The molecule has 7 nitrogen and oxygen atoms in total. The summed E-state index contributed by atoms with van der Waals surface area (Å²) in [6, 6.07) is 9.37. The number of carbonyl (C=O) groups excluding carboxylic acids is 1. The van der Waals surface area contributed by atoms with Crippen molar-refractivity contribution < 1.29 is 14.7 Å². The van der Waals surface area contributed by atoms with Crippen LogP contribution in [0.4, 0.5) is 5.69 Å². The molecule has 2 aromatic rings. The molecule has 1 aromatic carbocycles. The summed E-state index contributed by atoms with van der Waals surface area (Å²) in [6.45, 7) is 4.44. The quantitative estimate of drug-likeness (QED) is 0.894. The van der Waals surface area contributed by atoms with E-state index in [2.05, 4.69) is 15.3 Å². The van der Waals surface area contributed by atoms with Crippen LogP contribution < -0.4 is 5.32 Å². The molecule has 2 heterocycles. The van der Waals surface area contributed by atoms with E-state index in [9.17, 15) is 9.59 Å². The predicted octanol–water partition coefficient (Wildman–Crippen LogP) is 1.56. The van der Waals surface area contributed by atoms with Crippen molar-refractivity contribution in [1.29, 1.82) is 0 Å². The summed E-state index contributed by atoms with van der Waals surface area (Å²) in [4.78, 5) is 24.2. The molecule has 1 aromatic heterocycles. The van der Waals surface area contributed by atoms with Crippen LogP contribution in [-0.2, 0) is 24.4 Å². The van der Waals surface area contributed by atoms with Gasteiger partial charge in [-0.05, 0) is 23.8 Å². The van der Waals surface area contributed by atoms with Gasteiger partial charge in [-0.25, -0.2) is 4.79 Å². The summed E-state index contributed by atoms with van der Waals surface area (Å²) in [7, 11) is 0. The van der Waals surface area contributed by atoms with Crippen LogP contribution in [0.25, 0.3) is 0 Å².